The summed E-state index contributed by atoms with van der Waals surface area (Å²) < 4.78 is 2.50. The number of carbonyl (C=O) groups excluding carboxylic acids is 1. The standard InChI is InChI=1S/C16H20BrN3O/c1-11(2)20-16(13(17)10-19-20)15(21)9-8-14(18)12-6-4-3-5-7-12/h3-7,10-11,14H,8-9,18H2,1-2H3. The van der Waals surface area contributed by atoms with E-state index in [9.17, 15) is 4.79 Å². The number of aromatic nitrogens is 2. The summed E-state index contributed by atoms with van der Waals surface area (Å²) >= 11 is 3.40. The second-order valence-electron chi connectivity index (χ2n) is 5.36. The van der Waals surface area contributed by atoms with Crippen LogP contribution in [0, 0.1) is 0 Å². The van der Waals surface area contributed by atoms with E-state index in [1.165, 1.54) is 0 Å². The van der Waals surface area contributed by atoms with E-state index in [0.717, 1.165) is 10.0 Å². The Labute approximate surface area is 133 Å². The van der Waals surface area contributed by atoms with Crippen molar-refractivity contribution in [3.05, 3.63) is 52.3 Å². The van der Waals surface area contributed by atoms with Gasteiger partial charge in [-0.2, -0.15) is 5.10 Å². The quantitative estimate of drug-likeness (QED) is 0.804. The lowest BCUT2D eigenvalue weighted by atomic mass is 10.0. The van der Waals surface area contributed by atoms with Crippen molar-refractivity contribution in [2.75, 3.05) is 0 Å². The zero-order chi connectivity index (χ0) is 15.4. The molecule has 1 atom stereocenters. The highest BCUT2D eigenvalue weighted by Crippen LogP contribution is 2.23. The van der Waals surface area contributed by atoms with Crippen LogP contribution in [0.1, 0.15) is 54.8 Å². The van der Waals surface area contributed by atoms with Crippen molar-refractivity contribution < 1.29 is 4.79 Å². The first-order chi connectivity index (χ1) is 10.0. The summed E-state index contributed by atoms with van der Waals surface area (Å²) in [6.07, 6.45) is 2.70. The zero-order valence-electron chi connectivity index (χ0n) is 12.3. The second-order valence-corrected chi connectivity index (χ2v) is 6.21. The fourth-order valence-corrected chi connectivity index (χ4v) is 2.76. The maximum atomic E-state index is 12.4. The Morgan fingerprint density at radius 1 is 1.33 bits per heavy atom. The fraction of sp³-hybridized carbons (Fsp3) is 0.375. The van der Waals surface area contributed by atoms with Gasteiger partial charge in [0.2, 0.25) is 0 Å². The molecule has 0 amide bonds. The highest BCUT2D eigenvalue weighted by Gasteiger charge is 2.19. The van der Waals surface area contributed by atoms with Gasteiger partial charge in [0, 0.05) is 18.5 Å². The zero-order valence-corrected chi connectivity index (χ0v) is 13.9. The predicted octanol–water partition coefficient (Wildman–Crippen LogP) is 3.89. The summed E-state index contributed by atoms with van der Waals surface area (Å²) in [5.41, 5.74) is 7.83. The molecule has 0 saturated carbocycles. The largest absolute Gasteiger partial charge is 0.324 e. The van der Waals surface area contributed by atoms with Crippen LogP contribution in [0.2, 0.25) is 0 Å². The van der Waals surface area contributed by atoms with Crippen LogP contribution in [-0.2, 0) is 0 Å². The van der Waals surface area contributed by atoms with Crippen molar-refractivity contribution >= 4 is 21.7 Å². The van der Waals surface area contributed by atoms with E-state index in [1.807, 2.05) is 44.2 Å². The van der Waals surface area contributed by atoms with E-state index in [-0.39, 0.29) is 17.9 Å². The van der Waals surface area contributed by atoms with E-state index >= 15 is 0 Å². The van der Waals surface area contributed by atoms with Crippen molar-refractivity contribution in [3.63, 3.8) is 0 Å². The Bertz CT molecular complexity index is 607. The molecule has 0 radical (unpaired) electrons. The third-order valence-electron chi connectivity index (χ3n) is 3.41. The average Bonchev–Trinajstić information content (AvgIpc) is 2.87. The molecule has 1 aromatic heterocycles. The Morgan fingerprint density at radius 3 is 2.62 bits per heavy atom. The molecule has 112 valence electrons. The number of carbonyl (C=O) groups is 1. The van der Waals surface area contributed by atoms with Gasteiger partial charge in [-0.1, -0.05) is 30.3 Å². The predicted molar refractivity (Wildman–Crippen MR) is 87.2 cm³/mol. The van der Waals surface area contributed by atoms with Crippen molar-refractivity contribution in [2.24, 2.45) is 5.73 Å². The van der Waals surface area contributed by atoms with Crippen LogP contribution in [0.15, 0.2) is 41.0 Å². The molecule has 1 unspecified atom stereocenters. The van der Waals surface area contributed by atoms with Crippen LogP contribution in [0.4, 0.5) is 0 Å². The van der Waals surface area contributed by atoms with Gasteiger partial charge in [-0.15, -0.1) is 0 Å². The third kappa shape index (κ3) is 3.80. The molecule has 4 nitrogen and oxygen atoms in total. The van der Waals surface area contributed by atoms with Gasteiger partial charge in [0.1, 0.15) is 5.69 Å². The van der Waals surface area contributed by atoms with Gasteiger partial charge in [-0.25, -0.2) is 0 Å². The Kier molecular flexibility index (Phi) is 5.31. The highest BCUT2D eigenvalue weighted by atomic mass is 79.9. The molecule has 2 N–H and O–H groups in total. The minimum Gasteiger partial charge on any atom is -0.324 e. The molecule has 0 fully saturated rings. The third-order valence-corrected chi connectivity index (χ3v) is 3.99. The van der Waals surface area contributed by atoms with Gasteiger partial charge in [-0.05, 0) is 41.8 Å². The smallest absolute Gasteiger partial charge is 0.182 e. The molecule has 0 saturated heterocycles. The van der Waals surface area contributed by atoms with Gasteiger partial charge in [-0.3, -0.25) is 9.48 Å². The molecule has 0 aliphatic heterocycles. The molecule has 0 aliphatic rings. The lowest BCUT2D eigenvalue weighted by molar-refractivity contribution is 0.0964. The van der Waals surface area contributed by atoms with Crippen LogP contribution in [0.3, 0.4) is 0 Å². The molecule has 21 heavy (non-hydrogen) atoms. The number of nitrogens with zero attached hydrogens (tertiary/aromatic N) is 2. The van der Waals surface area contributed by atoms with Gasteiger partial charge in [0.25, 0.3) is 0 Å². The monoisotopic (exact) mass is 349 g/mol. The molecule has 2 aromatic rings. The summed E-state index contributed by atoms with van der Waals surface area (Å²) in [5, 5.41) is 4.24. The van der Waals surface area contributed by atoms with Crippen molar-refractivity contribution in [1.82, 2.24) is 9.78 Å². The van der Waals surface area contributed by atoms with Crippen LogP contribution >= 0.6 is 15.9 Å². The molecule has 5 heteroatoms. The van der Waals surface area contributed by atoms with Crippen molar-refractivity contribution in [2.45, 2.75) is 38.8 Å². The lowest BCUT2D eigenvalue weighted by Gasteiger charge is -2.13. The minimum absolute atomic E-state index is 0.0689. The van der Waals surface area contributed by atoms with E-state index in [0.29, 0.717) is 18.5 Å². The summed E-state index contributed by atoms with van der Waals surface area (Å²) in [6, 6.07) is 9.89. The lowest BCUT2D eigenvalue weighted by Crippen LogP contribution is -2.16. The van der Waals surface area contributed by atoms with Crippen LogP contribution in [-0.4, -0.2) is 15.6 Å². The number of halogens is 1. The minimum atomic E-state index is -0.121. The van der Waals surface area contributed by atoms with Gasteiger partial charge < -0.3 is 5.73 Å². The SMILES string of the molecule is CC(C)n1ncc(Br)c1C(=O)CCC(N)c1ccccc1. The Balaban J connectivity index is 2.04. The highest BCUT2D eigenvalue weighted by molar-refractivity contribution is 9.10. The second kappa shape index (κ2) is 7.00. The average molecular weight is 350 g/mol. The number of rotatable bonds is 6. The molecule has 0 spiro atoms. The maximum absolute atomic E-state index is 12.4. The molecule has 1 aromatic carbocycles. The Hall–Kier alpha value is -1.46. The normalized spacial score (nSPS) is 12.6. The summed E-state index contributed by atoms with van der Waals surface area (Å²) in [5.74, 6) is 0.0689. The summed E-state index contributed by atoms with van der Waals surface area (Å²) in [7, 11) is 0. The van der Waals surface area contributed by atoms with E-state index in [1.54, 1.807) is 10.9 Å². The number of hydrogen-bond acceptors (Lipinski definition) is 3. The van der Waals surface area contributed by atoms with Gasteiger partial charge in [0.05, 0.1) is 10.7 Å². The van der Waals surface area contributed by atoms with Crippen LogP contribution in [0.5, 0.6) is 0 Å². The molecular weight excluding hydrogens is 330 g/mol. The number of Topliss-reactive ketones (excluding diaryl/α,β-unsaturated/α-hetero) is 1. The van der Waals surface area contributed by atoms with Crippen molar-refractivity contribution in [3.8, 4) is 0 Å². The van der Waals surface area contributed by atoms with Crippen LogP contribution < -0.4 is 5.73 Å². The number of hydrogen-bond donors (Lipinski definition) is 1. The number of nitrogens with two attached hydrogens (primary N) is 1. The van der Waals surface area contributed by atoms with E-state index in [4.69, 9.17) is 5.73 Å². The molecular formula is C16H20BrN3O. The first kappa shape index (κ1) is 15.9. The topological polar surface area (TPSA) is 60.9 Å². The number of benzene rings is 1. The van der Waals surface area contributed by atoms with Gasteiger partial charge >= 0.3 is 0 Å². The molecule has 0 bridgehead atoms. The summed E-state index contributed by atoms with van der Waals surface area (Å²) in [6.45, 7) is 4.01. The molecule has 1 heterocycles. The maximum Gasteiger partial charge on any atom is 0.182 e. The first-order valence-electron chi connectivity index (χ1n) is 7.07. The number of ketones is 1. The van der Waals surface area contributed by atoms with Crippen LogP contribution in [0.25, 0.3) is 0 Å². The van der Waals surface area contributed by atoms with E-state index in [2.05, 4.69) is 21.0 Å². The van der Waals surface area contributed by atoms with Gasteiger partial charge in [0.15, 0.2) is 5.78 Å². The summed E-state index contributed by atoms with van der Waals surface area (Å²) in [4.78, 5) is 12.4. The fourth-order valence-electron chi connectivity index (χ4n) is 2.27. The molecule has 2 rings (SSSR count). The molecule has 0 aliphatic carbocycles. The Morgan fingerprint density at radius 2 is 2.00 bits per heavy atom. The van der Waals surface area contributed by atoms with Crippen molar-refractivity contribution in [1.29, 1.82) is 0 Å². The first-order valence-corrected chi connectivity index (χ1v) is 7.86. The van der Waals surface area contributed by atoms with E-state index < -0.39 is 0 Å².